The van der Waals surface area contributed by atoms with Crippen LogP contribution in [0, 0.1) is 5.92 Å². The molecule has 1 aliphatic rings. The Morgan fingerprint density at radius 2 is 2.39 bits per heavy atom. The molecule has 0 radical (unpaired) electrons. The van der Waals surface area contributed by atoms with Gasteiger partial charge in [-0.05, 0) is 48.1 Å². The summed E-state index contributed by atoms with van der Waals surface area (Å²) in [6.45, 7) is 1.82. The van der Waals surface area contributed by atoms with Crippen molar-refractivity contribution in [2.45, 2.75) is 13.0 Å². The third kappa shape index (κ3) is 3.73. The molecule has 1 aromatic carbocycles. The summed E-state index contributed by atoms with van der Waals surface area (Å²) in [7, 11) is 0. The van der Waals surface area contributed by atoms with Crippen LogP contribution in [0.3, 0.4) is 0 Å². The molecule has 18 heavy (non-hydrogen) atoms. The molecule has 1 fully saturated rings. The van der Waals surface area contributed by atoms with Crippen molar-refractivity contribution in [1.29, 1.82) is 0 Å². The van der Waals surface area contributed by atoms with E-state index in [0.717, 1.165) is 29.0 Å². The molecule has 2 N–H and O–H groups in total. The largest absolute Gasteiger partial charge is 0.478 e. The van der Waals surface area contributed by atoms with E-state index in [1.165, 1.54) is 17.9 Å². The van der Waals surface area contributed by atoms with Crippen molar-refractivity contribution in [3.05, 3.63) is 33.8 Å². The Morgan fingerprint density at radius 3 is 3.00 bits per heavy atom. The van der Waals surface area contributed by atoms with Crippen molar-refractivity contribution in [1.82, 2.24) is 5.32 Å². The Labute approximate surface area is 119 Å². The van der Waals surface area contributed by atoms with Crippen molar-refractivity contribution in [2.24, 2.45) is 5.92 Å². The van der Waals surface area contributed by atoms with Gasteiger partial charge >= 0.3 is 5.97 Å². The van der Waals surface area contributed by atoms with Crippen LogP contribution in [0.15, 0.2) is 22.7 Å². The molecule has 0 aliphatic carbocycles. The highest BCUT2D eigenvalue weighted by molar-refractivity contribution is 9.10. The van der Waals surface area contributed by atoms with E-state index in [1.807, 2.05) is 17.8 Å². The van der Waals surface area contributed by atoms with Gasteiger partial charge in [0, 0.05) is 11.0 Å². The van der Waals surface area contributed by atoms with Gasteiger partial charge < -0.3 is 10.4 Å². The lowest BCUT2D eigenvalue weighted by Crippen LogP contribution is -2.22. The minimum Gasteiger partial charge on any atom is -0.478 e. The standard InChI is InChI=1S/C13H16BrNO2S/c14-12-5-10(13(16)17)1-2-11(12)7-15-6-9-3-4-18-8-9/h1-2,5,9,15H,3-4,6-8H2,(H,16,17). The number of hydrogen-bond donors (Lipinski definition) is 2. The fourth-order valence-electron chi connectivity index (χ4n) is 1.98. The number of halogens is 1. The summed E-state index contributed by atoms with van der Waals surface area (Å²) in [6.07, 6.45) is 1.30. The molecule has 1 heterocycles. The summed E-state index contributed by atoms with van der Waals surface area (Å²) in [4.78, 5) is 10.8. The lowest BCUT2D eigenvalue weighted by atomic mass is 10.1. The van der Waals surface area contributed by atoms with Gasteiger partial charge in [0.25, 0.3) is 0 Å². The number of benzene rings is 1. The zero-order valence-electron chi connectivity index (χ0n) is 9.99. The molecule has 1 saturated heterocycles. The highest BCUT2D eigenvalue weighted by Crippen LogP contribution is 2.23. The van der Waals surface area contributed by atoms with Crippen molar-refractivity contribution < 1.29 is 9.90 Å². The number of hydrogen-bond acceptors (Lipinski definition) is 3. The molecular formula is C13H16BrNO2S. The molecule has 1 aliphatic heterocycles. The van der Waals surface area contributed by atoms with Gasteiger partial charge in [0.15, 0.2) is 0 Å². The van der Waals surface area contributed by atoms with Gasteiger partial charge in [-0.1, -0.05) is 22.0 Å². The highest BCUT2D eigenvalue weighted by atomic mass is 79.9. The molecule has 98 valence electrons. The average Bonchev–Trinajstić information content (AvgIpc) is 2.84. The Bertz CT molecular complexity index is 433. The molecular weight excluding hydrogens is 314 g/mol. The van der Waals surface area contributed by atoms with Crippen LogP contribution in [-0.4, -0.2) is 29.1 Å². The van der Waals surface area contributed by atoms with Crippen molar-refractivity contribution in [2.75, 3.05) is 18.1 Å². The van der Waals surface area contributed by atoms with Crippen LogP contribution in [0.5, 0.6) is 0 Å². The van der Waals surface area contributed by atoms with Crippen LogP contribution in [-0.2, 0) is 6.54 Å². The maximum atomic E-state index is 10.8. The second-order valence-corrected chi connectivity index (χ2v) is 6.48. The number of thioether (sulfide) groups is 1. The molecule has 0 amide bonds. The van der Waals surface area contributed by atoms with Crippen LogP contribution >= 0.6 is 27.7 Å². The average molecular weight is 330 g/mol. The van der Waals surface area contributed by atoms with Crippen molar-refractivity contribution >= 4 is 33.7 Å². The third-order valence-electron chi connectivity index (χ3n) is 3.07. The number of aromatic carboxylic acids is 1. The first-order valence-electron chi connectivity index (χ1n) is 5.97. The first-order chi connectivity index (χ1) is 8.66. The third-order valence-corrected chi connectivity index (χ3v) is 5.04. The normalized spacial score (nSPS) is 19.1. The predicted molar refractivity (Wildman–Crippen MR) is 78.2 cm³/mol. The van der Waals surface area contributed by atoms with Crippen LogP contribution < -0.4 is 5.32 Å². The molecule has 1 aromatic rings. The Hall–Kier alpha value is -0.520. The second-order valence-electron chi connectivity index (χ2n) is 4.47. The van der Waals surface area contributed by atoms with E-state index < -0.39 is 5.97 Å². The molecule has 0 aromatic heterocycles. The zero-order valence-corrected chi connectivity index (χ0v) is 12.4. The maximum absolute atomic E-state index is 10.8. The fraction of sp³-hybridized carbons (Fsp3) is 0.462. The van der Waals surface area contributed by atoms with E-state index in [1.54, 1.807) is 12.1 Å². The number of carboxylic acids is 1. The first-order valence-corrected chi connectivity index (χ1v) is 7.92. The molecule has 1 unspecified atom stereocenters. The van der Waals surface area contributed by atoms with Gasteiger partial charge in [-0.25, -0.2) is 4.79 Å². The van der Waals surface area contributed by atoms with Crippen LogP contribution in [0.1, 0.15) is 22.3 Å². The molecule has 3 nitrogen and oxygen atoms in total. The van der Waals surface area contributed by atoms with Crippen molar-refractivity contribution in [3.8, 4) is 0 Å². The van der Waals surface area contributed by atoms with Crippen LogP contribution in [0.25, 0.3) is 0 Å². The topological polar surface area (TPSA) is 49.3 Å². The number of rotatable bonds is 5. The highest BCUT2D eigenvalue weighted by Gasteiger charge is 2.14. The summed E-state index contributed by atoms with van der Waals surface area (Å²) < 4.78 is 0.857. The van der Waals surface area contributed by atoms with Gasteiger partial charge in [0.1, 0.15) is 0 Å². The minimum atomic E-state index is -0.891. The molecule has 0 spiro atoms. The Kier molecular flexibility index (Phi) is 5.09. The lowest BCUT2D eigenvalue weighted by molar-refractivity contribution is 0.0697. The van der Waals surface area contributed by atoms with Gasteiger partial charge in [-0.15, -0.1) is 0 Å². The van der Waals surface area contributed by atoms with Gasteiger partial charge in [-0.3, -0.25) is 0 Å². The molecule has 1 atom stereocenters. The smallest absolute Gasteiger partial charge is 0.335 e. The summed E-state index contributed by atoms with van der Waals surface area (Å²) >= 11 is 5.44. The quantitative estimate of drug-likeness (QED) is 0.871. The number of nitrogens with one attached hydrogen (secondary N) is 1. The zero-order chi connectivity index (χ0) is 13.0. The predicted octanol–water partition coefficient (Wildman–Crippen LogP) is 2.99. The molecule has 2 rings (SSSR count). The second kappa shape index (κ2) is 6.59. The van der Waals surface area contributed by atoms with E-state index in [9.17, 15) is 4.79 Å². The number of carbonyl (C=O) groups is 1. The summed E-state index contributed by atoms with van der Waals surface area (Å²) in [6, 6.07) is 5.17. The summed E-state index contributed by atoms with van der Waals surface area (Å²) in [5.41, 5.74) is 1.42. The Morgan fingerprint density at radius 1 is 1.56 bits per heavy atom. The first kappa shape index (κ1) is 13.9. The lowest BCUT2D eigenvalue weighted by Gasteiger charge is -2.11. The van der Waals surface area contributed by atoms with Gasteiger partial charge in [-0.2, -0.15) is 11.8 Å². The van der Waals surface area contributed by atoms with E-state index >= 15 is 0 Å². The summed E-state index contributed by atoms with van der Waals surface area (Å²) in [5.74, 6) is 2.43. The Balaban J connectivity index is 1.87. The fourth-order valence-corrected chi connectivity index (χ4v) is 3.78. The monoisotopic (exact) mass is 329 g/mol. The molecule has 5 heteroatoms. The van der Waals surface area contributed by atoms with Crippen LogP contribution in [0.2, 0.25) is 0 Å². The maximum Gasteiger partial charge on any atom is 0.335 e. The SMILES string of the molecule is O=C(O)c1ccc(CNCC2CCSC2)c(Br)c1. The minimum absolute atomic E-state index is 0.317. The molecule has 0 bridgehead atoms. The van der Waals surface area contributed by atoms with E-state index in [-0.39, 0.29) is 0 Å². The molecule has 0 saturated carbocycles. The number of carboxylic acid groups (broad SMARTS) is 1. The summed E-state index contributed by atoms with van der Waals surface area (Å²) in [5, 5.41) is 12.3. The van der Waals surface area contributed by atoms with E-state index in [2.05, 4.69) is 21.2 Å². The van der Waals surface area contributed by atoms with Crippen molar-refractivity contribution in [3.63, 3.8) is 0 Å². The van der Waals surface area contributed by atoms with E-state index in [0.29, 0.717) is 5.56 Å². The van der Waals surface area contributed by atoms with Gasteiger partial charge in [0.2, 0.25) is 0 Å². The van der Waals surface area contributed by atoms with Crippen LogP contribution in [0.4, 0.5) is 0 Å². The van der Waals surface area contributed by atoms with E-state index in [4.69, 9.17) is 5.11 Å². The van der Waals surface area contributed by atoms with Gasteiger partial charge in [0.05, 0.1) is 5.56 Å².